The van der Waals surface area contributed by atoms with Crippen molar-refractivity contribution in [1.29, 1.82) is 0 Å². The normalized spacial score (nSPS) is 15.4. The van der Waals surface area contributed by atoms with Gasteiger partial charge in [0.2, 0.25) is 10.0 Å². The van der Waals surface area contributed by atoms with E-state index < -0.39 is 10.0 Å². The predicted molar refractivity (Wildman–Crippen MR) is 119 cm³/mol. The number of aryl methyl sites for hydroxylation is 1. The Morgan fingerprint density at radius 1 is 0.966 bits per heavy atom. The van der Waals surface area contributed by atoms with Crippen LogP contribution in [-0.2, 0) is 16.4 Å². The largest absolute Gasteiger partial charge is 0.506 e. The van der Waals surface area contributed by atoms with Gasteiger partial charge in [-0.2, -0.15) is 0 Å². The first-order valence-corrected chi connectivity index (χ1v) is 12.1. The second-order valence-corrected chi connectivity index (χ2v) is 9.45. The first-order valence-electron chi connectivity index (χ1n) is 10.2. The van der Waals surface area contributed by atoms with Crippen LogP contribution in [0, 0.1) is 0 Å². The van der Waals surface area contributed by atoms with E-state index in [-0.39, 0.29) is 11.4 Å². The van der Waals surface area contributed by atoms with Crippen molar-refractivity contribution in [2.45, 2.75) is 25.7 Å². The number of sulfonamides is 1. The number of para-hydroxylation sites is 1. The minimum absolute atomic E-state index is 0.0474. The molecule has 2 aromatic carbocycles. The van der Waals surface area contributed by atoms with Crippen LogP contribution in [0.25, 0.3) is 0 Å². The monoisotopic (exact) mass is 417 g/mol. The summed E-state index contributed by atoms with van der Waals surface area (Å²) >= 11 is 0. The van der Waals surface area contributed by atoms with Crippen LogP contribution < -0.4 is 9.62 Å². The second-order valence-electron chi connectivity index (χ2n) is 7.70. The number of rotatable bonds is 9. The second kappa shape index (κ2) is 9.98. The lowest BCUT2D eigenvalue weighted by molar-refractivity contribution is 0.252. The van der Waals surface area contributed by atoms with Gasteiger partial charge in [0.05, 0.1) is 11.9 Å². The van der Waals surface area contributed by atoms with Crippen molar-refractivity contribution in [1.82, 2.24) is 4.90 Å². The predicted octanol–water partition coefficient (Wildman–Crippen LogP) is 3.30. The van der Waals surface area contributed by atoms with Crippen molar-refractivity contribution in [3.63, 3.8) is 0 Å². The molecule has 0 aromatic heterocycles. The van der Waals surface area contributed by atoms with E-state index in [1.807, 2.05) is 6.07 Å². The van der Waals surface area contributed by atoms with Gasteiger partial charge in [0, 0.05) is 31.9 Å². The molecule has 0 atom stereocenters. The summed E-state index contributed by atoms with van der Waals surface area (Å²) in [6.45, 7) is 5.49. The number of phenols is 1. The summed E-state index contributed by atoms with van der Waals surface area (Å²) in [5.74, 6) is -0.0474. The number of phenolic OH excluding ortho intramolecular Hbond substituents is 1. The number of benzene rings is 2. The van der Waals surface area contributed by atoms with Gasteiger partial charge in [-0.1, -0.05) is 30.7 Å². The number of anilines is 2. The first kappa shape index (κ1) is 21.5. The summed E-state index contributed by atoms with van der Waals surface area (Å²) in [5, 5.41) is 9.81. The molecule has 0 radical (unpaired) electrons. The van der Waals surface area contributed by atoms with Gasteiger partial charge in [-0.05, 0) is 55.6 Å². The van der Waals surface area contributed by atoms with Gasteiger partial charge < -0.3 is 10.0 Å². The number of nitrogens with zero attached hydrogens (tertiary/aromatic N) is 2. The highest BCUT2D eigenvalue weighted by atomic mass is 32.2. The third kappa shape index (κ3) is 6.94. The van der Waals surface area contributed by atoms with Gasteiger partial charge >= 0.3 is 0 Å². The smallest absolute Gasteiger partial charge is 0.229 e. The quantitative estimate of drug-likeness (QED) is 0.484. The summed E-state index contributed by atoms with van der Waals surface area (Å²) in [4.78, 5) is 4.98. The minimum atomic E-state index is -3.40. The average molecular weight is 418 g/mol. The van der Waals surface area contributed by atoms with Crippen LogP contribution in [0.3, 0.4) is 0 Å². The molecule has 1 saturated heterocycles. The Hall–Kier alpha value is -2.25. The number of piperazine rings is 1. The van der Waals surface area contributed by atoms with Crippen LogP contribution >= 0.6 is 0 Å². The molecule has 1 heterocycles. The molecule has 0 bridgehead atoms. The zero-order valence-corrected chi connectivity index (χ0v) is 17.9. The van der Waals surface area contributed by atoms with Gasteiger partial charge in [0.15, 0.2) is 0 Å². The van der Waals surface area contributed by atoms with E-state index in [9.17, 15) is 13.5 Å². The molecule has 1 aliphatic heterocycles. The molecule has 7 heteroatoms. The molecule has 0 saturated carbocycles. The van der Waals surface area contributed by atoms with Crippen molar-refractivity contribution in [2.75, 3.05) is 48.6 Å². The van der Waals surface area contributed by atoms with Crippen LogP contribution in [0.5, 0.6) is 5.75 Å². The van der Waals surface area contributed by atoms with E-state index in [1.165, 1.54) is 5.69 Å². The Balaban J connectivity index is 1.35. The SMILES string of the molecule is CS(=O)(=O)Nc1cc(CCCCCN2CCN(c3ccccc3)CC2)ccc1O. The van der Waals surface area contributed by atoms with E-state index in [0.717, 1.165) is 70.2 Å². The molecule has 2 aromatic rings. The molecule has 158 valence electrons. The van der Waals surface area contributed by atoms with Crippen LogP contribution in [0.1, 0.15) is 24.8 Å². The topological polar surface area (TPSA) is 72.9 Å². The number of nitrogens with one attached hydrogen (secondary N) is 1. The molecule has 1 aliphatic rings. The zero-order valence-electron chi connectivity index (χ0n) is 17.0. The van der Waals surface area contributed by atoms with Gasteiger partial charge in [0.25, 0.3) is 0 Å². The molecule has 0 unspecified atom stereocenters. The molecular weight excluding hydrogens is 386 g/mol. The first-order chi connectivity index (χ1) is 13.9. The minimum Gasteiger partial charge on any atom is -0.506 e. The van der Waals surface area contributed by atoms with Crippen LogP contribution in [-0.4, -0.2) is 57.4 Å². The fourth-order valence-corrected chi connectivity index (χ4v) is 4.29. The number of hydrogen-bond donors (Lipinski definition) is 2. The zero-order chi connectivity index (χ0) is 20.7. The molecule has 0 amide bonds. The summed E-state index contributed by atoms with van der Waals surface area (Å²) in [5.41, 5.74) is 2.59. The fraction of sp³-hybridized carbons (Fsp3) is 0.455. The van der Waals surface area contributed by atoms with Crippen LogP contribution in [0.2, 0.25) is 0 Å². The summed E-state index contributed by atoms with van der Waals surface area (Å²) in [7, 11) is -3.40. The lowest BCUT2D eigenvalue weighted by atomic mass is 10.1. The van der Waals surface area contributed by atoms with Crippen molar-refractivity contribution < 1.29 is 13.5 Å². The van der Waals surface area contributed by atoms with Crippen molar-refractivity contribution in [3.05, 3.63) is 54.1 Å². The lowest BCUT2D eigenvalue weighted by Crippen LogP contribution is -2.46. The molecule has 0 aliphatic carbocycles. The van der Waals surface area contributed by atoms with Crippen molar-refractivity contribution in [3.8, 4) is 5.75 Å². The van der Waals surface area contributed by atoms with E-state index in [4.69, 9.17) is 0 Å². The Kier molecular flexibility index (Phi) is 7.39. The van der Waals surface area contributed by atoms with Gasteiger partial charge in [-0.25, -0.2) is 8.42 Å². The number of unbranched alkanes of at least 4 members (excludes halogenated alkanes) is 2. The highest BCUT2D eigenvalue weighted by Gasteiger charge is 2.16. The van der Waals surface area contributed by atoms with Gasteiger partial charge in [-0.15, -0.1) is 0 Å². The average Bonchev–Trinajstić information content (AvgIpc) is 2.70. The number of aromatic hydroxyl groups is 1. The molecule has 0 spiro atoms. The molecule has 1 fully saturated rings. The van der Waals surface area contributed by atoms with Crippen molar-refractivity contribution >= 4 is 21.4 Å². The maximum Gasteiger partial charge on any atom is 0.229 e. The summed E-state index contributed by atoms with van der Waals surface area (Å²) < 4.78 is 25.1. The Labute approximate surface area is 174 Å². The molecular formula is C22H31N3O3S. The highest BCUT2D eigenvalue weighted by Crippen LogP contribution is 2.26. The van der Waals surface area contributed by atoms with Gasteiger partial charge in [-0.3, -0.25) is 9.62 Å². The third-order valence-corrected chi connectivity index (χ3v) is 5.88. The maximum atomic E-state index is 11.4. The van der Waals surface area contributed by atoms with Crippen molar-refractivity contribution in [2.24, 2.45) is 0 Å². The van der Waals surface area contributed by atoms with Crippen LogP contribution in [0.15, 0.2) is 48.5 Å². The molecule has 2 N–H and O–H groups in total. The van der Waals surface area contributed by atoms with E-state index >= 15 is 0 Å². The fourth-order valence-electron chi connectivity index (χ4n) is 3.73. The Morgan fingerprint density at radius 2 is 1.69 bits per heavy atom. The number of hydrogen-bond acceptors (Lipinski definition) is 5. The Morgan fingerprint density at radius 3 is 2.38 bits per heavy atom. The third-order valence-electron chi connectivity index (χ3n) is 5.29. The summed E-state index contributed by atoms with van der Waals surface area (Å²) in [6, 6.07) is 15.7. The standard InChI is InChI=1S/C22H31N3O3S/c1-29(27,28)23-21-18-19(11-12-22(21)26)8-4-3-7-13-24-14-16-25(17-15-24)20-9-5-2-6-10-20/h2,5-6,9-12,18,23,26H,3-4,7-8,13-17H2,1H3. The van der Waals surface area contributed by atoms with E-state index in [1.54, 1.807) is 12.1 Å². The molecule has 6 nitrogen and oxygen atoms in total. The Bertz CT molecular complexity index is 879. The lowest BCUT2D eigenvalue weighted by Gasteiger charge is -2.36. The molecule has 3 rings (SSSR count). The maximum absolute atomic E-state index is 11.4. The molecule has 29 heavy (non-hydrogen) atoms. The van der Waals surface area contributed by atoms with E-state index in [2.05, 4.69) is 44.9 Å². The van der Waals surface area contributed by atoms with Gasteiger partial charge in [0.1, 0.15) is 5.75 Å². The van der Waals surface area contributed by atoms with E-state index in [0.29, 0.717) is 0 Å². The summed E-state index contributed by atoms with van der Waals surface area (Å²) in [6.07, 6.45) is 5.30. The van der Waals surface area contributed by atoms with Crippen LogP contribution in [0.4, 0.5) is 11.4 Å². The highest BCUT2D eigenvalue weighted by molar-refractivity contribution is 7.92.